The number of aromatic nitrogens is 2. The normalized spacial score (nSPS) is 16.8. The van der Waals surface area contributed by atoms with Crippen molar-refractivity contribution in [2.45, 2.75) is 25.7 Å². The van der Waals surface area contributed by atoms with Crippen LogP contribution in [0.3, 0.4) is 0 Å². The minimum absolute atomic E-state index is 0.0182. The predicted octanol–water partition coefficient (Wildman–Crippen LogP) is 2.14. The lowest BCUT2D eigenvalue weighted by atomic mass is 9.96. The van der Waals surface area contributed by atoms with Crippen molar-refractivity contribution in [3.63, 3.8) is 0 Å². The number of ketones is 1. The number of hydrogen-bond acceptors (Lipinski definition) is 4. The van der Waals surface area contributed by atoms with Gasteiger partial charge >= 0.3 is 0 Å². The summed E-state index contributed by atoms with van der Waals surface area (Å²) in [5.74, 6) is 0.373. The fourth-order valence-corrected chi connectivity index (χ4v) is 2.08. The van der Waals surface area contributed by atoms with Gasteiger partial charge in [-0.3, -0.25) is 4.79 Å². The predicted molar refractivity (Wildman–Crippen MR) is 62.6 cm³/mol. The first-order chi connectivity index (χ1) is 8.31. The van der Waals surface area contributed by atoms with Crippen LogP contribution in [-0.4, -0.2) is 15.8 Å². The molecule has 0 radical (unpaired) electrons. The Morgan fingerprint density at radius 1 is 1.35 bits per heavy atom. The van der Waals surface area contributed by atoms with E-state index in [0.29, 0.717) is 5.82 Å². The van der Waals surface area contributed by atoms with Gasteiger partial charge in [-0.2, -0.15) is 5.26 Å². The highest BCUT2D eigenvalue weighted by molar-refractivity contribution is 6.04. The molecule has 1 heterocycles. The van der Waals surface area contributed by atoms with Gasteiger partial charge in [0.1, 0.15) is 6.07 Å². The molecule has 0 aliphatic heterocycles. The first-order valence-corrected chi connectivity index (χ1v) is 5.74. The highest BCUT2D eigenvalue weighted by Crippen LogP contribution is 2.27. The molecule has 1 aliphatic carbocycles. The van der Waals surface area contributed by atoms with Crippen LogP contribution >= 0.6 is 0 Å². The van der Waals surface area contributed by atoms with Crippen molar-refractivity contribution < 1.29 is 4.79 Å². The van der Waals surface area contributed by atoms with Crippen LogP contribution in [-0.2, 0) is 4.79 Å². The summed E-state index contributed by atoms with van der Waals surface area (Å²) in [4.78, 5) is 20.0. The van der Waals surface area contributed by atoms with Gasteiger partial charge in [0.2, 0.25) is 0 Å². The Morgan fingerprint density at radius 2 is 2.00 bits per heavy atom. The van der Waals surface area contributed by atoms with Crippen LogP contribution in [0, 0.1) is 17.2 Å². The Kier molecular flexibility index (Phi) is 3.61. The average molecular weight is 227 g/mol. The first kappa shape index (κ1) is 11.5. The van der Waals surface area contributed by atoms with Crippen LogP contribution in [0.1, 0.15) is 31.5 Å². The summed E-state index contributed by atoms with van der Waals surface area (Å²) in [5.41, 5.74) is 0.170. The van der Waals surface area contributed by atoms with Crippen molar-refractivity contribution in [1.82, 2.24) is 9.97 Å². The van der Waals surface area contributed by atoms with E-state index in [-0.39, 0.29) is 17.3 Å². The molecule has 0 spiro atoms. The van der Waals surface area contributed by atoms with Gasteiger partial charge in [-0.15, -0.1) is 0 Å². The number of rotatable bonds is 3. The zero-order valence-corrected chi connectivity index (χ0v) is 9.47. The number of hydrogen-bond donors (Lipinski definition) is 0. The third kappa shape index (κ3) is 2.76. The van der Waals surface area contributed by atoms with Crippen LogP contribution in [0.4, 0.5) is 0 Å². The van der Waals surface area contributed by atoms with E-state index in [0.717, 1.165) is 25.7 Å². The SMILES string of the molecule is N#CC(=Cc1ncccn1)C(=O)C1CCCC1. The summed E-state index contributed by atoms with van der Waals surface area (Å²) in [6.45, 7) is 0. The first-order valence-electron chi connectivity index (χ1n) is 5.74. The molecule has 1 saturated carbocycles. The zero-order chi connectivity index (χ0) is 12.1. The Hall–Kier alpha value is -2.02. The molecule has 0 saturated heterocycles. The maximum absolute atomic E-state index is 12.0. The molecule has 1 aliphatic rings. The summed E-state index contributed by atoms with van der Waals surface area (Å²) in [6.07, 6.45) is 8.61. The monoisotopic (exact) mass is 227 g/mol. The van der Waals surface area contributed by atoms with Gasteiger partial charge in [-0.25, -0.2) is 9.97 Å². The molecule has 1 aromatic rings. The van der Waals surface area contributed by atoms with Crippen molar-refractivity contribution in [3.05, 3.63) is 29.9 Å². The van der Waals surface area contributed by atoms with Gasteiger partial charge in [0.25, 0.3) is 0 Å². The fourth-order valence-electron chi connectivity index (χ4n) is 2.08. The molecule has 86 valence electrons. The minimum Gasteiger partial charge on any atom is -0.293 e. The van der Waals surface area contributed by atoms with E-state index < -0.39 is 0 Å². The lowest BCUT2D eigenvalue weighted by molar-refractivity contribution is -0.118. The van der Waals surface area contributed by atoms with Crippen molar-refractivity contribution in [2.75, 3.05) is 0 Å². The number of nitrogens with zero attached hydrogens (tertiary/aromatic N) is 3. The molecule has 0 bridgehead atoms. The van der Waals surface area contributed by atoms with E-state index in [4.69, 9.17) is 5.26 Å². The Bertz CT molecular complexity index is 467. The lowest BCUT2D eigenvalue weighted by Gasteiger charge is -2.05. The van der Waals surface area contributed by atoms with Crippen LogP contribution in [0.2, 0.25) is 0 Å². The molecule has 17 heavy (non-hydrogen) atoms. The minimum atomic E-state index is -0.0579. The van der Waals surface area contributed by atoms with Crippen LogP contribution in [0.5, 0.6) is 0 Å². The summed E-state index contributed by atoms with van der Waals surface area (Å²) in [6, 6.07) is 3.66. The number of allylic oxidation sites excluding steroid dienone is 1. The third-order valence-electron chi connectivity index (χ3n) is 2.97. The largest absolute Gasteiger partial charge is 0.293 e. The van der Waals surface area contributed by atoms with E-state index in [1.807, 2.05) is 6.07 Å². The van der Waals surface area contributed by atoms with Crippen molar-refractivity contribution in [2.24, 2.45) is 5.92 Å². The second kappa shape index (κ2) is 5.35. The fraction of sp³-hybridized carbons (Fsp3) is 0.385. The van der Waals surface area contributed by atoms with Crippen molar-refractivity contribution in [3.8, 4) is 6.07 Å². The molecular weight excluding hydrogens is 214 g/mol. The average Bonchev–Trinajstić information content (AvgIpc) is 2.90. The molecule has 0 N–H and O–H groups in total. The zero-order valence-electron chi connectivity index (χ0n) is 9.47. The quantitative estimate of drug-likeness (QED) is 0.586. The number of carbonyl (C=O) groups excluding carboxylic acids is 1. The Balaban J connectivity index is 2.19. The molecule has 0 atom stereocenters. The van der Waals surface area contributed by atoms with E-state index in [2.05, 4.69) is 9.97 Å². The number of carbonyl (C=O) groups is 1. The molecule has 1 fully saturated rings. The summed E-state index contributed by atoms with van der Waals surface area (Å²) < 4.78 is 0. The second-order valence-corrected chi connectivity index (χ2v) is 4.12. The van der Waals surface area contributed by atoms with Crippen LogP contribution in [0.15, 0.2) is 24.0 Å². The maximum Gasteiger partial charge on any atom is 0.176 e. The van der Waals surface area contributed by atoms with E-state index in [1.54, 1.807) is 18.5 Å². The maximum atomic E-state index is 12.0. The van der Waals surface area contributed by atoms with E-state index in [9.17, 15) is 4.79 Å². The highest BCUT2D eigenvalue weighted by atomic mass is 16.1. The van der Waals surface area contributed by atoms with Gasteiger partial charge < -0.3 is 0 Å². The van der Waals surface area contributed by atoms with E-state index >= 15 is 0 Å². The highest BCUT2D eigenvalue weighted by Gasteiger charge is 2.25. The molecule has 4 heteroatoms. The molecule has 1 aromatic heterocycles. The topological polar surface area (TPSA) is 66.6 Å². The van der Waals surface area contributed by atoms with Gasteiger partial charge in [-0.05, 0) is 18.9 Å². The van der Waals surface area contributed by atoms with Gasteiger partial charge in [0.15, 0.2) is 11.6 Å². The standard InChI is InChI=1S/C13H13N3O/c14-9-11(8-12-15-6-3-7-16-12)13(17)10-4-1-2-5-10/h3,6-8,10H,1-2,4-5H2. The summed E-state index contributed by atoms with van der Waals surface area (Å²) >= 11 is 0. The molecule has 2 rings (SSSR count). The molecule has 0 amide bonds. The van der Waals surface area contributed by atoms with E-state index in [1.165, 1.54) is 6.08 Å². The van der Waals surface area contributed by atoms with Gasteiger partial charge in [0, 0.05) is 24.4 Å². The smallest absolute Gasteiger partial charge is 0.176 e. The molecule has 0 unspecified atom stereocenters. The summed E-state index contributed by atoms with van der Waals surface area (Å²) in [7, 11) is 0. The van der Waals surface area contributed by atoms with Crippen molar-refractivity contribution in [1.29, 1.82) is 5.26 Å². The number of Topliss-reactive ketones (excluding diaryl/α,β-unsaturated/α-hetero) is 1. The summed E-state index contributed by atoms with van der Waals surface area (Å²) in [5, 5.41) is 9.02. The van der Waals surface area contributed by atoms with Crippen molar-refractivity contribution >= 4 is 11.9 Å². The van der Waals surface area contributed by atoms with Gasteiger partial charge in [-0.1, -0.05) is 12.8 Å². The third-order valence-corrected chi connectivity index (χ3v) is 2.97. The lowest BCUT2D eigenvalue weighted by Crippen LogP contribution is -2.12. The Labute approximate surface area is 100 Å². The molecule has 0 aromatic carbocycles. The van der Waals surface area contributed by atoms with Gasteiger partial charge in [0.05, 0.1) is 5.57 Å². The molecular formula is C13H13N3O. The molecule has 4 nitrogen and oxygen atoms in total. The number of nitriles is 1. The van der Waals surface area contributed by atoms with Crippen LogP contribution < -0.4 is 0 Å². The van der Waals surface area contributed by atoms with Crippen LogP contribution in [0.25, 0.3) is 6.08 Å². The second-order valence-electron chi connectivity index (χ2n) is 4.12. The Morgan fingerprint density at radius 3 is 2.59 bits per heavy atom.